The number of hydrogen-bond donors (Lipinski definition) is 1. The molecule has 0 aliphatic rings. The maximum atomic E-state index is 12.5. The molecule has 0 amide bonds. The Labute approximate surface area is 171 Å². The Kier molecular flexibility index (Phi) is 6.70. The quantitative estimate of drug-likeness (QED) is 0.561. The van der Waals surface area contributed by atoms with Crippen LogP contribution < -0.4 is 15.0 Å². The third-order valence-corrected chi connectivity index (χ3v) is 3.96. The van der Waals surface area contributed by atoms with E-state index in [1.165, 1.54) is 0 Å². The van der Waals surface area contributed by atoms with Crippen molar-refractivity contribution >= 4 is 11.9 Å². The van der Waals surface area contributed by atoms with Gasteiger partial charge >= 0.3 is 12.2 Å². The van der Waals surface area contributed by atoms with Crippen LogP contribution in [0.3, 0.4) is 0 Å². The average molecular weight is 422 g/mol. The van der Waals surface area contributed by atoms with Gasteiger partial charge in [0.15, 0.2) is 6.61 Å². The number of nitrogens with zero attached hydrogens (tertiary/aromatic N) is 5. The first-order valence-corrected chi connectivity index (χ1v) is 9.14. The van der Waals surface area contributed by atoms with Gasteiger partial charge in [-0.2, -0.15) is 28.1 Å². The van der Waals surface area contributed by atoms with E-state index in [2.05, 4.69) is 25.3 Å². The van der Waals surface area contributed by atoms with Gasteiger partial charge in [0.05, 0.1) is 6.54 Å². The number of aryl methyl sites for hydroxylation is 1. The second-order valence-electron chi connectivity index (χ2n) is 6.50. The van der Waals surface area contributed by atoms with E-state index in [1.54, 1.807) is 30.3 Å². The van der Waals surface area contributed by atoms with Crippen molar-refractivity contribution in [3.05, 3.63) is 53.7 Å². The molecule has 0 atom stereocenters. The van der Waals surface area contributed by atoms with Crippen molar-refractivity contribution in [2.75, 3.05) is 30.4 Å². The fraction of sp³-hybridized carbons (Fsp3) is 0.368. The van der Waals surface area contributed by atoms with Gasteiger partial charge in [0, 0.05) is 31.9 Å². The highest BCUT2D eigenvalue weighted by molar-refractivity contribution is 5.38. The van der Waals surface area contributed by atoms with E-state index < -0.39 is 18.8 Å². The summed E-state index contributed by atoms with van der Waals surface area (Å²) >= 11 is 0. The molecule has 1 N–H and O–H groups in total. The molecule has 160 valence electrons. The molecule has 3 aromatic heterocycles. The molecule has 0 unspecified atom stereocenters. The number of furan rings is 1. The van der Waals surface area contributed by atoms with Crippen LogP contribution in [-0.2, 0) is 13.0 Å². The van der Waals surface area contributed by atoms with Crippen LogP contribution in [0.2, 0.25) is 0 Å². The summed E-state index contributed by atoms with van der Waals surface area (Å²) in [7, 11) is 1.73. The summed E-state index contributed by atoms with van der Waals surface area (Å²) in [6, 6.07) is 8.76. The summed E-state index contributed by atoms with van der Waals surface area (Å²) < 4.78 is 47.8. The summed E-state index contributed by atoms with van der Waals surface area (Å²) in [6.07, 6.45) is -2.20. The molecule has 0 saturated heterocycles. The predicted octanol–water partition coefficient (Wildman–Crippen LogP) is 3.40. The van der Waals surface area contributed by atoms with Crippen LogP contribution in [0, 0.1) is 6.92 Å². The molecule has 0 bridgehead atoms. The van der Waals surface area contributed by atoms with Crippen molar-refractivity contribution in [1.82, 2.24) is 19.9 Å². The second-order valence-corrected chi connectivity index (χ2v) is 6.50. The molecule has 0 fully saturated rings. The van der Waals surface area contributed by atoms with Crippen molar-refractivity contribution in [1.29, 1.82) is 0 Å². The smallest absolute Gasteiger partial charge is 0.422 e. The fourth-order valence-electron chi connectivity index (χ4n) is 2.48. The van der Waals surface area contributed by atoms with Gasteiger partial charge in [0.2, 0.25) is 11.9 Å². The number of alkyl halides is 3. The van der Waals surface area contributed by atoms with Gasteiger partial charge in [-0.05, 0) is 31.2 Å². The molecule has 3 heterocycles. The van der Waals surface area contributed by atoms with Crippen LogP contribution >= 0.6 is 0 Å². The number of anilines is 2. The molecule has 0 spiro atoms. The monoisotopic (exact) mass is 422 g/mol. The van der Waals surface area contributed by atoms with Gasteiger partial charge in [-0.3, -0.25) is 4.98 Å². The SMILES string of the molecule is Cc1ccc(CNc2nc(OCC(F)(F)F)nc(N(C)CCc3ccccn3)n2)o1. The number of ether oxygens (including phenoxy) is 1. The van der Waals surface area contributed by atoms with Gasteiger partial charge in [-0.15, -0.1) is 0 Å². The standard InChI is InChI=1S/C19H21F3N6O2/c1-13-6-7-15(30-13)11-24-16-25-17(27-18(26-16)29-12-19(20,21)22)28(2)10-8-14-5-3-4-9-23-14/h3-7,9H,8,10-12H2,1-2H3,(H,24,25,26,27). The van der Waals surface area contributed by atoms with E-state index in [1.807, 2.05) is 25.1 Å². The zero-order chi connectivity index (χ0) is 21.6. The minimum absolute atomic E-state index is 0.0795. The number of likely N-dealkylation sites (N-methyl/N-ethyl adjacent to an activating group) is 1. The van der Waals surface area contributed by atoms with E-state index in [9.17, 15) is 13.2 Å². The summed E-state index contributed by atoms with van der Waals surface area (Å²) in [5, 5.41) is 2.92. The van der Waals surface area contributed by atoms with Crippen molar-refractivity contribution in [3.63, 3.8) is 0 Å². The third-order valence-electron chi connectivity index (χ3n) is 3.96. The normalized spacial score (nSPS) is 11.4. The molecule has 0 saturated carbocycles. The number of rotatable bonds is 9. The topological polar surface area (TPSA) is 89.2 Å². The van der Waals surface area contributed by atoms with E-state index in [4.69, 9.17) is 9.15 Å². The van der Waals surface area contributed by atoms with Crippen LogP contribution in [-0.4, -0.2) is 46.3 Å². The van der Waals surface area contributed by atoms with Crippen molar-refractivity contribution < 1.29 is 22.3 Å². The van der Waals surface area contributed by atoms with Gasteiger partial charge in [-0.1, -0.05) is 6.07 Å². The molecule has 0 aromatic carbocycles. The lowest BCUT2D eigenvalue weighted by molar-refractivity contribution is -0.154. The molecule has 30 heavy (non-hydrogen) atoms. The summed E-state index contributed by atoms with van der Waals surface area (Å²) in [4.78, 5) is 18.2. The zero-order valence-electron chi connectivity index (χ0n) is 16.5. The molecule has 0 aliphatic heterocycles. The Morgan fingerprint density at radius 1 is 1.13 bits per heavy atom. The summed E-state index contributed by atoms with van der Waals surface area (Å²) in [5.41, 5.74) is 0.874. The van der Waals surface area contributed by atoms with Crippen molar-refractivity contribution in [2.45, 2.75) is 26.1 Å². The lowest BCUT2D eigenvalue weighted by Gasteiger charge is -2.18. The molecule has 3 rings (SSSR count). The highest BCUT2D eigenvalue weighted by Gasteiger charge is 2.29. The van der Waals surface area contributed by atoms with Gasteiger partial charge in [0.25, 0.3) is 0 Å². The average Bonchev–Trinajstić information content (AvgIpc) is 3.14. The molecule has 8 nitrogen and oxygen atoms in total. The van der Waals surface area contributed by atoms with E-state index in [-0.39, 0.29) is 18.4 Å². The maximum Gasteiger partial charge on any atom is 0.422 e. The molecular formula is C19H21F3N6O2. The number of hydrogen-bond acceptors (Lipinski definition) is 8. The van der Waals surface area contributed by atoms with Gasteiger partial charge in [-0.25, -0.2) is 0 Å². The van der Waals surface area contributed by atoms with E-state index >= 15 is 0 Å². The highest BCUT2D eigenvalue weighted by Crippen LogP contribution is 2.19. The van der Waals surface area contributed by atoms with E-state index in [0.29, 0.717) is 18.7 Å². The Hall–Kier alpha value is -3.37. The van der Waals surface area contributed by atoms with Crippen LogP contribution in [0.25, 0.3) is 0 Å². The minimum atomic E-state index is -4.50. The Morgan fingerprint density at radius 3 is 2.63 bits per heavy atom. The molecule has 0 aliphatic carbocycles. The molecule has 0 radical (unpaired) electrons. The number of pyridine rings is 1. The van der Waals surface area contributed by atoms with E-state index in [0.717, 1.165) is 11.5 Å². The number of nitrogens with one attached hydrogen (secondary N) is 1. The van der Waals surface area contributed by atoms with Crippen LogP contribution in [0.4, 0.5) is 25.1 Å². The van der Waals surface area contributed by atoms with Crippen LogP contribution in [0.15, 0.2) is 40.9 Å². The first kappa shape index (κ1) is 21.3. The predicted molar refractivity (Wildman–Crippen MR) is 103 cm³/mol. The molecular weight excluding hydrogens is 401 g/mol. The summed E-state index contributed by atoms with van der Waals surface area (Å²) in [5.74, 6) is 1.63. The Balaban J connectivity index is 1.73. The van der Waals surface area contributed by atoms with Gasteiger partial charge < -0.3 is 19.4 Å². The Bertz CT molecular complexity index is 949. The lowest BCUT2D eigenvalue weighted by atomic mass is 10.2. The highest BCUT2D eigenvalue weighted by atomic mass is 19.4. The van der Waals surface area contributed by atoms with Crippen LogP contribution in [0.5, 0.6) is 6.01 Å². The lowest BCUT2D eigenvalue weighted by Crippen LogP contribution is -2.25. The first-order chi connectivity index (χ1) is 14.3. The second kappa shape index (κ2) is 9.42. The van der Waals surface area contributed by atoms with Gasteiger partial charge in [0.1, 0.15) is 11.5 Å². The minimum Gasteiger partial charge on any atom is -0.465 e. The summed E-state index contributed by atoms with van der Waals surface area (Å²) in [6.45, 7) is 1.07. The largest absolute Gasteiger partial charge is 0.465 e. The van der Waals surface area contributed by atoms with Crippen molar-refractivity contribution in [2.24, 2.45) is 0 Å². The zero-order valence-corrected chi connectivity index (χ0v) is 16.5. The number of aromatic nitrogens is 4. The Morgan fingerprint density at radius 2 is 1.97 bits per heavy atom. The molecule has 11 heteroatoms. The van der Waals surface area contributed by atoms with Crippen molar-refractivity contribution in [3.8, 4) is 6.01 Å². The first-order valence-electron chi connectivity index (χ1n) is 9.14. The number of halogens is 3. The van der Waals surface area contributed by atoms with Crippen LogP contribution in [0.1, 0.15) is 17.2 Å². The molecule has 3 aromatic rings. The maximum absolute atomic E-state index is 12.5. The fourth-order valence-corrected chi connectivity index (χ4v) is 2.48. The third kappa shape index (κ3) is 6.61.